The van der Waals surface area contributed by atoms with Crippen molar-refractivity contribution in [2.45, 2.75) is 13.5 Å². The predicted octanol–water partition coefficient (Wildman–Crippen LogP) is 0.707. The summed E-state index contributed by atoms with van der Waals surface area (Å²) >= 11 is 0. The van der Waals surface area contributed by atoms with Crippen molar-refractivity contribution in [3.8, 4) is 5.82 Å². The minimum Gasteiger partial charge on any atom is -0.383 e. The minimum atomic E-state index is 0.712. The third-order valence-corrected chi connectivity index (χ3v) is 2.56. The van der Waals surface area contributed by atoms with Crippen molar-refractivity contribution in [3.63, 3.8) is 0 Å². The Hall–Kier alpha value is -1.79. The smallest absolute Gasteiger partial charge is 0.158 e. The first-order chi connectivity index (χ1) is 8.81. The summed E-state index contributed by atoms with van der Waals surface area (Å²) in [5, 5.41) is 7.36. The standard InChI is InChI=1S/C12H17N5O/c1-10-5-11(6-13-3-4-18-2)7-15-12(10)17-9-14-8-16-17/h5,7-9,13H,3-4,6H2,1-2H3. The zero-order valence-electron chi connectivity index (χ0n) is 10.6. The molecular weight excluding hydrogens is 230 g/mol. The summed E-state index contributed by atoms with van der Waals surface area (Å²) in [6, 6.07) is 2.10. The molecule has 0 aliphatic carbocycles. The molecule has 0 amide bonds. The molecule has 96 valence electrons. The molecule has 0 spiro atoms. The van der Waals surface area contributed by atoms with Crippen LogP contribution in [0.2, 0.25) is 0 Å². The Morgan fingerprint density at radius 1 is 1.44 bits per heavy atom. The fourth-order valence-electron chi connectivity index (χ4n) is 1.69. The van der Waals surface area contributed by atoms with Crippen LogP contribution in [0.5, 0.6) is 0 Å². The van der Waals surface area contributed by atoms with Crippen molar-refractivity contribution < 1.29 is 4.74 Å². The Labute approximate surface area is 106 Å². The van der Waals surface area contributed by atoms with Crippen LogP contribution in [-0.2, 0) is 11.3 Å². The molecule has 2 aromatic rings. The summed E-state index contributed by atoms with van der Waals surface area (Å²) in [5.74, 6) is 0.813. The van der Waals surface area contributed by atoms with Gasteiger partial charge in [0, 0.05) is 26.4 Å². The number of ether oxygens (including phenoxy) is 1. The fourth-order valence-corrected chi connectivity index (χ4v) is 1.69. The SMILES string of the molecule is COCCNCc1cnc(-n2cncn2)c(C)c1. The molecule has 0 atom stereocenters. The van der Waals surface area contributed by atoms with Gasteiger partial charge in [-0.3, -0.25) is 0 Å². The summed E-state index contributed by atoms with van der Waals surface area (Å²) in [4.78, 5) is 8.33. The van der Waals surface area contributed by atoms with Crippen molar-refractivity contribution in [3.05, 3.63) is 36.0 Å². The van der Waals surface area contributed by atoms with Crippen molar-refractivity contribution in [2.75, 3.05) is 20.3 Å². The Bertz CT molecular complexity index is 483. The lowest BCUT2D eigenvalue weighted by atomic mass is 10.2. The average molecular weight is 247 g/mol. The van der Waals surface area contributed by atoms with E-state index in [1.54, 1.807) is 18.1 Å². The number of aryl methyl sites for hydroxylation is 1. The van der Waals surface area contributed by atoms with Crippen LogP contribution in [0, 0.1) is 6.92 Å². The third-order valence-electron chi connectivity index (χ3n) is 2.56. The maximum Gasteiger partial charge on any atom is 0.158 e. The first-order valence-corrected chi connectivity index (χ1v) is 5.81. The van der Waals surface area contributed by atoms with Gasteiger partial charge in [-0.25, -0.2) is 14.6 Å². The highest BCUT2D eigenvalue weighted by molar-refractivity contribution is 5.34. The summed E-state index contributed by atoms with van der Waals surface area (Å²) in [6.45, 7) is 4.35. The van der Waals surface area contributed by atoms with Crippen LogP contribution in [0.25, 0.3) is 5.82 Å². The molecule has 2 heterocycles. The molecule has 18 heavy (non-hydrogen) atoms. The average Bonchev–Trinajstić information content (AvgIpc) is 2.88. The summed E-state index contributed by atoms with van der Waals surface area (Å²) in [7, 11) is 1.69. The molecule has 6 nitrogen and oxygen atoms in total. The lowest BCUT2D eigenvalue weighted by Gasteiger charge is -2.08. The van der Waals surface area contributed by atoms with Crippen LogP contribution >= 0.6 is 0 Å². The predicted molar refractivity (Wildman–Crippen MR) is 67.5 cm³/mol. The van der Waals surface area contributed by atoms with E-state index in [4.69, 9.17) is 4.74 Å². The van der Waals surface area contributed by atoms with Gasteiger partial charge in [-0.15, -0.1) is 0 Å². The van der Waals surface area contributed by atoms with E-state index < -0.39 is 0 Å². The van der Waals surface area contributed by atoms with Crippen molar-refractivity contribution in [1.29, 1.82) is 0 Å². The molecule has 1 N–H and O–H groups in total. The lowest BCUT2D eigenvalue weighted by Crippen LogP contribution is -2.18. The monoisotopic (exact) mass is 247 g/mol. The van der Waals surface area contributed by atoms with Crippen LogP contribution in [0.4, 0.5) is 0 Å². The molecule has 2 rings (SSSR count). The molecule has 6 heteroatoms. The number of nitrogens with one attached hydrogen (secondary N) is 1. The van der Waals surface area contributed by atoms with E-state index in [1.165, 1.54) is 6.33 Å². The van der Waals surface area contributed by atoms with Crippen molar-refractivity contribution in [1.82, 2.24) is 25.1 Å². The highest BCUT2D eigenvalue weighted by Gasteiger charge is 2.04. The third kappa shape index (κ3) is 3.12. The number of aromatic nitrogens is 4. The molecule has 0 aliphatic heterocycles. The largest absolute Gasteiger partial charge is 0.383 e. The van der Waals surface area contributed by atoms with Crippen LogP contribution in [0.15, 0.2) is 24.9 Å². The maximum atomic E-state index is 4.97. The van der Waals surface area contributed by atoms with E-state index in [-0.39, 0.29) is 0 Å². The summed E-state index contributed by atoms with van der Waals surface area (Å²) < 4.78 is 6.64. The van der Waals surface area contributed by atoms with E-state index in [0.717, 1.165) is 30.0 Å². The van der Waals surface area contributed by atoms with Gasteiger partial charge in [-0.05, 0) is 24.1 Å². The Morgan fingerprint density at radius 3 is 3.00 bits per heavy atom. The number of hydrogen-bond donors (Lipinski definition) is 1. The van der Waals surface area contributed by atoms with E-state index in [1.807, 2.05) is 13.1 Å². The molecule has 0 aliphatic rings. The first kappa shape index (κ1) is 12.7. The van der Waals surface area contributed by atoms with Crippen LogP contribution in [0.1, 0.15) is 11.1 Å². The van der Waals surface area contributed by atoms with Crippen LogP contribution < -0.4 is 5.32 Å². The minimum absolute atomic E-state index is 0.712. The van der Waals surface area contributed by atoms with Crippen molar-refractivity contribution >= 4 is 0 Å². The van der Waals surface area contributed by atoms with Gasteiger partial charge in [0.2, 0.25) is 0 Å². The van der Waals surface area contributed by atoms with Gasteiger partial charge in [0.25, 0.3) is 0 Å². The van der Waals surface area contributed by atoms with Gasteiger partial charge in [-0.1, -0.05) is 0 Å². The van der Waals surface area contributed by atoms with Gasteiger partial charge in [0.1, 0.15) is 12.7 Å². The Morgan fingerprint density at radius 2 is 2.33 bits per heavy atom. The van der Waals surface area contributed by atoms with E-state index in [2.05, 4.69) is 26.4 Å². The molecular formula is C12H17N5O. The second-order valence-corrected chi connectivity index (χ2v) is 3.99. The van der Waals surface area contributed by atoms with Gasteiger partial charge in [-0.2, -0.15) is 5.10 Å². The molecule has 0 bridgehead atoms. The second kappa shape index (κ2) is 6.23. The maximum absolute atomic E-state index is 4.97. The second-order valence-electron chi connectivity index (χ2n) is 3.99. The quantitative estimate of drug-likeness (QED) is 0.761. The van der Waals surface area contributed by atoms with E-state index >= 15 is 0 Å². The van der Waals surface area contributed by atoms with Gasteiger partial charge < -0.3 is 10.1 Å². The topological polar surface area (TPSA) is 64.9 Å². The normalized spacial score (nSPS) is 10.8. The zero-order valence-corrected chi connectivity index (χ0v) is 10.6. The molecule has 0 fully saturated rings. The number of pyridine rings is 1. The lowest BCUT2D eigenvalue weighted by molar-refractivity contribution is 0.199. The fraction of sp³-hybridized carbons (Fsp3) is 0.417. The summed E-state index contributed by atoms with van der Waals surface area (Å²) in [5.41, 5.74) is 2.22. The highest BCUT2D eigenvalue weighted by Crippen LogP contribution is 2.10. The zero-order chi connectivity index (χ0) is 12.8. The number of hydrogen-bond acceptors (Lipinski definition) is 5. The van der Waals surface area contributed by atoms with Gasteiger partial charge in [0.15, 0.2) is 5.82 Å². The van der Waals surface area contributed by atoms with Gasteiger partial charge >= 0.3 is 0 Å². The number of rotatable bonds is 6. The molecule has 0 radical (unpaired) electrons. The molecule has 0 unspecified atom stereocenters. The molecule has 0 saturated carbocycles. The van der Waals surface area contributed by atoms with Crippen molar-refractivity contribution in [2.24, 2.45) is 0 Å². The molecule has 2 aromatic heterocycles. The van der Waals surface area contributed by atoms with E-state index in [9.17, 15) is 0 Å². The van der Waals surface area contributed by atoms with Crippen LogP contribution in [0.3, 0.4) is 0 Å². The number of nitrogens with zero attached hydrogens (tertiary/aromatic N) is 4. The Balaban J connectivity index is 2.01. The summed E-state index contributed by atoms with van der Waals surface area (Å²) in [6.07, 6.45) is 5.00. The van der Waals surface area contributed by atoms with Crippen LogP contribution in [-0.4, -0.2) is 40.0 Å². The van der Waals surface area contributed by atoms with E-state index in [0.29, 0.717) is 6.61 Å². The highest BCUT2D eigenvalue weighted by atomic mass is 16.5. The molecule has 0 aromatic carbocycles. The Kier molecular flexibility index (Phi) is 4.38. The molecule has 0 saturated heterocycles. The first-order valence-electron chi connectivity index (χ1n) is 5.81. The van der Waals surface area contributed by atoms with Gasteiger partial charge in [0.05, 0.1) is 6.61 Å². The number of methoxy groups -OCH3 is 1.